The molecule has 296 valence electrons. The summed E-state index contributed by atoms with van der Waals surface area (Å²) >= 11 is 0. The highest BCUT2D eigenvalue weighted by molar-refractivity contribution is 6.28. The van der Waals surface area contributed by atoms with Crippen LogP contribution in [0.3, 0.4) is 0 Å². The van der Waals surface area contributed by atoms with Gasteiger partial charge >= 0.3 is 0 Å². The minimum absolute atomic E-state index is 0.502. The number of hydrogen-bond donors (Lipinski definition) is 0. The van der Waals surface area contributed by atoms with E-state index in [0.29, 0.717) is 11.5 Å². The van der Waals surface area contributed by atoms with Gasteiger partial charge in [0.1, 0.15) is 16.8 Å². The second-order valence-electron chi connectivity index (χ2n) is 16.9. The van der Waals surface area contributed by atoms with Gasteiger partial charge in [0.05, 0.1) is 38.8 Å². The van der Waals surface area contributed by atoms with Crippen LogP contribution < -0.4 is 0 Å². The number of furan rings is 1. The van der Waals surface area contributed by atoms with Crippen molar-refractivity contribution in [1.82, 2.24) is 23.7 Å². The number of para-hydroxylation sites is 6. The number of rotatable bonds is 3. The molecule has 0 atom stereocenters. The second-order valence-corrected chi connectivity index (χ2v) is 16.9. The summed E-state index contributed by atoms with van der Waals surface area (Å²) in [7, 11) is 0. The lowest BCUT2D eigenvalue weighted by atomic mass is 9.91. The zero-order valence-corrected chi connectivity index (χ0v) is 34.2. The summed E-state index contributed by atoms with van der Waals surface area (Å²) in [5.74, 6) is 0.708. The Labute approximate surface area is 365 Å². The van der Waals surface area contributed by atoms with Gasteiger partial charge in [-0.1, -0.05) is 140 Å². The molecule has 0 radical (unpaired) electrons. The first-order chi connectivity index (χ1) is 31.8. The van der Waals surface area contributed by atoms with Crippen molar-refractivity contribution in [2.24, 2.45) is 0 Å². The van der Waals surface area contributed by atoms with Gasteiger partial charge in [-0.2, -0.15) is 4.98 Å². The van der Waals surface area contributed by atoms with Crippen molar-refractivity contribution in [3.8, 4) is 50.7 Å². The Hall–Kier alpha value is -8.74. The van der Waals surface area contributed by atoms with Crippen molar-refractivity contribution in [3.63, 3.8) is 0 Å². The average Bonchev–Trinajstić information content (AvgIpc) is 4.07. The minimum Gasteiger partial charge on any atom is -0.436 e. The fourth-order valence-corrected chi connectivity index (χ4v) is 11.0. The summed E-state index contributed by atoms with van der Waals surface area (Å²) in [6.45, 7) is 0. The number of hydrogen-bond acceptors (Lipinski definition) is 3. The SMILES string of the molecule is c1ccc(-n2c3ccccc3c3ccc(-c4nc5c(nc4-n4c6ccccc6c6c7c8c(cc64)c4ccccc4n8-c4ccccc4-c4ccccc4-7)oc4ccccc45)cc32)cc1. The Morgan fingerprint density at radius 2 is 1.00 bits per heavy atom. The highest BCUT2D eigenvalue weighted by Crippen LogP contribution is 2.52. The molecular formula is C58H33N5O. The summed E-state index contributed by atoms with van der Waals surface area (Å²) in [5, 5.41) is 8.01. The molecule has 0 aliphatic carbocycles. The molecule has 0 unspecified atom stereocenters. The van der Waals surface area contributed by atoms with Crippen LogP contribution in [0.2, 0.25) is 0 Å². The molecule has 5 aromatic heterocycles. The van der Waals surface area contributed by atoms with Crippen molar-refractivity contribution in [2.75, 3.05) is 0 Å². The minimum atomic E-state index is 0.502. The standard InChI is InChI=1S/C58H33N5O/c1-2-16-35(17-3-1)61-45-25-11-7-20-38(45)40-31-30-34(32-49(40)61)54-57(60-58-55(59-54)43-24-10-15-29-51(43)64-58)63-48-28-14-9-23-42(48)52-50(63)33-44-39-21-8-13-27-47(39)62-46-26-12-6-19-37(46)36-18-4-5-22-41(36)53(52)56(44)62/h1-33H. The molecule has 64 heavy (non-hydrogen) atoms. The summed E-state index contributed by atoms with van der Waals surface area (Å²) in [6, 6.07) is 71.9. The van der Waals surface area contributed by atoms with Crippen LogP contribution in [-0.2, 0) is 0 Å². The Balaban J connectivity index is 1.12. The molecule has 0 spiro atoms. The molecule has 1 aliphatic heterocycles. The van der Waals surface area contributed by atoms with Crippen molar-refractivity contribution >= 4 is 87.6 Å². The van der Waals surface area contributed by atoms with E-state index in [1.54, 1.807) is 0 Å². The van der Waals surface area contributed by atoms with Gasteiger partial charge in [-0.25, -0.2) is 4.98 Å². The molecule has 0 amide bonds. The molecular weight excluding hydrogens is 783 g/mol. The van der Waals surface area contributed by atoms with E-state index in [9.17, 15) is 0 Å². The van der Waals surface area contributed by atoms with Crippen LogP contribution in [-0.4, -0.2) is 23.7 Å². The van der Waals surface area contributed by atoms with Gasteiger partial charge in [0.15, 0.2) is 5.82 Å². The first kappa shape index (κ1) is 33.9. The van der Waals surface area contributed by atoms with Crippen LogP contribution in [0.4, 0.5) is 0 Å². The second kappa shape index (κ2) is 12.4. The Morgan fingerprint density at radius 1 is 0.391 bits per heavy atom. The highest BCUT2D eigenvalue weighted by Gasteiger charge is 2.30. The van der Waals surface area contributed by atoms with E-state index in [1.807, 2.05) is 18.2 Å². The van der Waals surface area contributed by atoms with Crippen LogP contribution in [0.1, 0.15) is 0 Å². The first-order valence-corrected chi connectivity index (χ1v) is 21.8. The van der Waals surface area contributed by atoms with Gasteiger partial charge in [-0.3, -0.25) is 4.57 Å². The Bertz CT molecular complexity index is 4320. The maximum atomic E-state index is 6.58. The van der Waals surface area contributed by atoms with Gasteiger partial charge in [0, 0.05) is 60.1 Å². The lowest BCUT2D eigenvalue weighted by molar-refractivity contribution is 0.652. The lowest BCUT2D eigenvalue weighted by Gasteiger charge is -2.14. The summed E-state index contributed by atoms with van der Waals surface area (Å²) in [6.07, 6.45) is 0. The maximum Gasteiger partial charge on any atom is 0.248 e. The number of fused-ring (bicyclic) bond motifs is 18. The van der Waals surface area contributed by atoms with E-state index >= 15 is 0 Å². The number of benzene rings is 9. The number of aromatic nitrogens is 5. The predicted molar refractivity (Wildman–Crippen MR) is 262 cm³/mol. The van der Waals surface area contributed by atoms with Gasteiger partial charge in [0.25, 0.3) is 0 Å². The van der Waals surface area contributed by atoms with E-state index in [0.717, 1.165) is 60.9 Å². The molecule has 6 heterocycles. The van der Waals surface area contributed by atoms with Crippen molar-refractivity contribution < 1.29 is 4.42 Å². The van der Waals surface area contributed by atoms with Gasteiger partial charge in [0.2, 0.25) is 5.71 Å². The average molecular weight is 816 g/mol. The van der Waals surface area contributed by atoms with Crippen LogP contribution in [0.15, 0.2) is 205 Å². The molecule has 6 heteroatoms. The topological polar surface area (TPSA) is 53.7 Å². The smallest absolute Gasteiger partial charge is 0.248 e. The number of nitrogens with zero attached hydrogens (tertiary/aromatic N) is 5. The fraction of sp³-hybridized carbons (Fsp3) is 0. The Morgan fingerprint density at radius 3 is 1.81 bits per heavy atom. The summed E-state index contributed by atoms with van der Waals surface area (Å²) in [5.41, 5.74) is 17.6. The highest BCUT2D eigenvalue weighted by atomic mass is 16.3. The molecule has 0 saturated carbocycles. The third-order valence-corrected chi connectivity index (χ3v) is 13.6. The van der Waals surface area contributed by atoms with Gasteiger partial charge < -0.3 is 13.6 Å². The molecule has 0 fully saturated rings. The summed E-state index contributed by atoms with van der Waals surface area (Å²) < 4.78 is 13.8. The first-order valence-electron chi connectivity index (χ1n) is 21.8. The molecule has 15 rings (SSSR count). The lowest BCUT2D eigenvalue weighted by Crippen LogP contribution is -2.03. The summed E-state index contributed by atoms with van der Waals surface area (Å²) in [4.78, 5) is 11.2. The van der Waals surface area contributed by atoms with E-state index in [-0.39, 0.29) is 0 Å². The molecule has 9 aromatic carbocycles. The maximum absolute atomic E-state index is 6.58. The van der Waals surface area contributed by atoms with Gasteiger partial charge in [-0.15, -0.1) is 0 Å². The van der Waals surface area contributed by atoms with Crippen LogP contribution in [0, 0.1) is 0 Å². The van der Waals surface area contributed by atoms with Crippen LogP contribution >= 0.6 is 0 Å². The molecule has 6 nitrogen and oxygen atoms in total. The zero-order valence-electron chi connectivity index (χ0n) is 34.2. The third-order valence-electron chi connectivity index (χ3n) is 13.6. The van der Waals surface area contributed by atoms with E-state index in [4.69, 9.17) is 14.4 Å². The molecule has 0 bridgehead atoms. The Kier molecular flexibility index (Phi) is 6.59. The van der Waals surface area contributed by atoms with Crippen LogP contribution in [0.5, 0.6) is 0 Å². The monoisotopic (exact) mass is 815 g/mol. The van der Waals surface area contributed by atoms with E-state index in [1.165, 1.54) is 65.9 Å². The quantitative estimate of drug-likeness (QED) is 0.178. The third kappa shape index (κ3) is 4.38. The molecule has 14 aromatic rings. The van der Waals surface area contributed by atoms with E-state index in [2.05, 4.69) is 196 Å². The van der Waals surface area contributed by atoms with Crippen LogP contribution in [0.25, 0.3) is 138 Å². The predicted octanol–water partition coefficient (Wildman–Crippen LogP) is 15.0. The molecule has 1 aliphatic rings. The van der Waals surface area contributed by atoms with Gasteiger partial charge in [-0.05, 0) is 71.8 Å². The molecule has 0 N–H and O–H groups in total. The van der Waals surface area contributed by atoms with E-state index < -0.39 is 0 Å². The fourth-order valence-electron chi connectivity index (χ4n) is 11.0. The van der Waals surface area contributed by atoms with Crippen molar-refractivity contribution in [3.05, 3.63) is 200 Å². The largest absolute Gasteiger partial charge is 0.436 e. The normalized spacial score (nSPS) is 12.4. The van der Waals surface area contributed by atoms with Crippen molar-refractivity contribution in [2.45, 2.75) is 0 Å². The zero-order chi connectivity index (χ0) is 41.6. The molecule has 0 saturated heterocycles. The van der Waals surface area contributed by atoms with Crippen molar-refractivity contribution in [1.29, 1.82) is 0 Å².